The predicted molar refractivity (Wildman–Crippen MR) is 82.7 cm³/mol. The van der Waals surface area contributed by atoms with Crippen LogP contribution in [0.2, 0.25) is 0 Å². The van der Waals surface area contributed by atoms with Gasteiger partial charge in [-0.3, -0.25) is 9.67 Å². The molecule has 0 fully saturated rings. The molecule has 1 N–H and O–H groups in total. The predicted octanol–water partition coefficient (Wildman–Crippen LogP) is 2.46. The zero-order valence-electron chi connectivity index (χ0n) is 12.3. The van der Waals surface area contributed by atoms with Gasteiger partial charge in [0.25, 0.3) is 0 Å². The Kier molecular flexibility index (Phi) is 4.55. The van der Waals surface area contributed by atoms with Crippen LogP contribution >= 0.6 is 11.8 Å². The molecular formula is C14H24N4S. The second kappa shape index (κ2) is 5.99. The maximum absolute atomic E-state index is 4.59. The third-order valence-corrected chi connectivity index (χ3v) is 4.28. The average molecular weight is 280 g/mol. The highest BCUT2D eigenvalue weighted by Crippen LogP contribution is 2.31. The summed E-state index contributed by atoms with van der Waals surface area (Å²) in [4.78, 5) is 4.59. The summed E-state index contributed by atoms with van der Waals surface area (Å²) in [5.74, 6) is 0. The summed E-state index contributed by atoms with van der Waals surface area (Å²) < 4.78 is 1.92. The van der Waals surface area contributed by atoms with E-state index in [4.69, 9.17) is 0 Å². The van der Waals surface area contributed by atoms with Crippen molar-refractivity contribution < 1.29 is 0 Å². The van der Waals surface area contributed by atoms with Gasteiger partial charge >= 0.3 is 0 Å². The number of aromatic nitrogens is 2. The molecule has 1 aromatic heterocycles. The highest BCUT2D eigenvalue weighted by molar-refractivity contribution is 8.14. The first-order chi connectivity index (χ1) is 8.94. The minimum Gasteiger partial charge on any atom is -0.365 e. The fraction of sp³-hybridized carbons (Fsp3) is 0.714. The summed E-state index contributed by atoms with van der Waals surface area (Å²) in [6.45, 7) is 8.76. The van der Waals surface area contributed by atoms with E-state index in [-0.39, 0.29) is 0 Å². The van der Waals surface area contributed by atoms with E-state index < -0.39 is 0 Å². The lowest BCUT2D eigenvalue weighted by molar-refractivity contribution is 0.375. The molecule has 0 aromatic carbocycles. The number of nitrogens with zero attached hydrogens (tertiary/aromatic N) is 3. The molecular weight excluding hydrogens is 256 g/mol. The van der Waals surface area contributed by atoms with Gasteiger partial charge in [-0.2, -0.15) is 5.10 Å². The standard InChI is InChI=1S/C14H24N4S/c1-14(2,3)9-12-10-16-13(19-12)15-7-5-11-6-8-17-18(11)4/h6,8,12H,5,7,9-10H2,1-4H3,(H,15,16). The van der Waals surface area contributed by atoms with Crippen LogP contribution in [0.1, 0.15) is 32.9 Å². The van der Waals surface area contributed by atoms with E-state index in [1.807, 2.05) is 29.7 Å². The van der Waals surface area contributed by atoms with Crippen molar-refractivity contribution in [1.82, 2.24) is 15.1 Å². The third-order valence-electron chi connectivity index (χ3n) is 3.14. The SMILES string of the molecule is Cn1nccc1CCNC1=NCC(CC(C)(C)C)S1. The quantitative estimate of drug-likeness (QED) is 0.921. The molecule has 0 radical (unpaired) electrons. The minimum absolute atomic E-state index is 0.386. The normalized spacial score (nSPS) is 19.6. The van der Waals surface area contributed by atoms with Crippen molar-refractivity contribution in [1.29, 1.82) is 0 Å². The lowest BCUT2D eigenvalue weighted by atomic mass is 9.90. The van der Waals surface area contributed by atoms with Gasteiger partial charge in [0.05, 0.1) is 6.54 Å². The Hall–Kier alpha value is -0.970. The van der Waals surface area contributed by atoms with Gasteiger partial charge in [0.2, 0.25) is 0 Å². The van der Waals surface area contributed by atoms with E-state index in [0.29, 0.717) is 10.7 Å². The topological polar surface area (TPSA) is 42.2 Å². The first kappa shape index (κ1) is 14.4. The van der Waals surface area contributed by atoms with Crippen LogP contribution in [-0.4, -0.2) is 33.3 Å². The summed E-state index contributed by atoms with van der Waals surface area (Å²) in [5.41, 5.74) is 1.64. The summed E-state index contributed by atoms with van der Waals surface area (Å²) in [7, 11) is 1.98. The van der Waals surface area contributed by atoms with E-state index >= 15 is 0 Å². The molecule has 0 saturated heterocycles. The Morgan fingerprint density at radius 1 is 1.47 bits per heavy atom. The van der Waals surface area contributed by atoms with Crippen LogP contribution in [0.5, 0.6) is 0 Å². The number of nitrogens with one attached hydrogen (secondary N) is 1. The van der Waals surface area contributed by atoms with Crippen molar-refractivity contribution in [3.05, 3.63) is 18.0 Å². The van der Waals surface area contributed by atoms with Crippen molar-refractivity contribution in [3.8, 4) is 0 Å². The minimum atomic E-state index is 0.386. The van der Waals surface area contributed by atoms with Crippen LogP contribution in [0.3, 0.4) is 0 Å². The molecule has 0 saturated carbocycles. The van der Waals surface area contributed by atoms with Crippen molar-refractivity contribution in [2.45, 2.75) is 38.9 Å². The van der Waals surface area contributed by atoms with Gasteiger partial charge in [-0.25, -0.2) is 0 Å². The third kappa shape index (κ3) is 4.56. The van der Waals surface area contributed by atoms with Crippen LogP contribution in [0.15, 0.2) is 17.3 Å². The molecule has 2 heterocycles. The molecule has 2 rings (SSSR count). The monoisotopic (exact) mass is 280 g/mol. The Morgan fingerprint density at radius 3 is 2.89 bits per heavy atom. The van der Waals surface area contributed by atoms with Crippen LogP contribution in [0.4, 0.5) is 0 Å². The Morgan fingerprint density at radius 2 is 2.26 bits per heavy atom. The number of rotatable bonds is 4. The fourth-order valence-electron chi connectivity index (χ4n) is 2.25. The molecule has 0 aliphatic carbocycles. The molecule has 1 aliphatic heterocycles. The Balaban J connectivity index is 1.70. The van der Waals surface area contributed by atoms with E-state index in [0.717, 1.165) is 24.7 Å². The number of amidine groups is 1. The lowest BCUT2D eigenvalue weighted by Gasteiger charge is -2.21. The van der Waals surface area contributed by atoms with Crippen LogP contribution < -0.4 is 5.32 Å². The van der Waals surface area contributed by atoms with Crippen molar-refractivity contribution in [2.75, 3.05) is 13.1 Å². The number of aryl methyl sites for hydroxylation is 1. The van der Waals surface area contributed by atoms with Crippen molar-refractivity contribution in [2.24, 2.45) is 17.5 Å². The lowest BCUT2D eigenvalue weighted by Crippen LogP contribution is -2.23. The zero-order chi connectivity index (χ0) is 13.9. The largest absolute Gasteiger partial charge is 0.365 e. The molecule has 0 bridgehead atoms. The highest BCUT2D eigenvalue weighted by Gasteiger charge is 2.24. The molecule has 0 amide bonds. The van der Waals surface area contributed by atoms with Gasteiger partial charge in [-0.1, -0.05) is 32.5 Å². The first-order valence-electron chi connectivity index (χ1n) is 6.86. The summed E-state index contributed by atoms with van der Waals surface area (Å²) in [6, 6.07) is 2.06. The smallest absolute Gasteiger partial charge is 0.156 e. The van der Waals surface area contributed by atoms with Crippen molar-refractivity contribution in [3.63, 3.8) is 0 Å². The van der Waals surface area contributed by atoms with Gasteiger partial charge in [0.1, 0.15) is 0 Å². The number of thioether (sulfide) groups is 1. The molecule has 106 valence electrons. The van der Waals surface area contributed by atoms with E-state index in [1.54, 1.807) is 0 Å². The van der Waals surface area contributed by atoms with E-state index in [2.05, 4.69) is 42.2 Å². The van der Waals surface area contributed by atoms with Gasteiger partial charge in [0.15, 0.2) is 5.17 Å². The summed E-state index contributed by atoms with van der Waals surface area (Å²) in [6.07, 6.45) is 4.05. The Labute approximate surface area is 120 Å². The maximum atomic E-state index is 4.59. The molecule has 1 unspecified atom stereocenters. The molecule has 19 heavy (non-hydrogen) atoms. The highest BCUT2D eigenvalue weighted by atomic mass is 32.2. The van der Waals surface area contributed by atoms with Crippen LogP contribution in [0.25, 0.3) is 0 Å². The Bertz CT molecular complexity index is 445. The molecule has 5 heteroatoms. The molecule has 1 atom stereocenters. The summed E-state index contributed by atoms with van der Waals surface area (Å²) in [5, 5.41) is 9.35. The molecule has 1 aliphatic rings. The fourth-order valence-corrected chi connectivity index (χ4v) is 3.63. The second-order valence-corrected chi connectivity index (χ2v) is 7.56. The van der Waals surface area contributed by atoms with Gasteiger partial charge < -0.3 is 5.32 Å². The van der Waals surface area contributed by atoms with E-state index in [9.17, 15) is 0 Å². The van der Waals surface area contributed by atoms with Gasteiger partial charge in [-0.15, -0.1) is 0 Å². The molecule has 0 spiro atoms. The molecule has 4 nitrogen and oxygen atoms in total. The number of hydrogen-bond donors (Lipinski definition) is 1. The van der Waals surface area contributed by atoms with Crippen molar-refractivity contribution >= 4 is 16.9 Å². The maximum Gasteiger partial charge on any atom is 0.156 e. The number of aliphatic imine (C=N–C) groups is 1. The van der Waals surface area contributed by atoms with Crippen LogP contribution in [0, 0.1) is 5.41 Å². The number of hydrogen-bond acceptors (Lipinski definition) is 4. The second-order valence-electron chi connectivity index (χ2n) is 6.27. The average Bonchev–Trinajstić information content (AvgIpc) is 2.87. The van der Waals surface area contributed by atoms with Crippen LogP contribution in [-0.2, 0) is 13.5 Å². The molecule has 1 aromatic rings. The van der Waals surface area contributed by atoms with E-state index in [1.165, 1.54) is 12.1 Å². The van der Waals surface area contributed by atoms with Gasteiger partial charge in [0, 0.05) is 37.2 Å². The zero-order valence-corrected chi connectivity index (χ0v) is 13.1. The first-order valence-corrected chi connectivity index (χ1v) is 7.74. The summed E-state index contributed by atoms with van der Waals surface area (Å²) >= 11 is 1.90. The van der Waals surface area contributed by atoms with Gasteiger partial charge in [-0.05, 0) is 17.9 Å².